The quantitative estimate of drug-likeness (QED) is 0.524. The van der Waals surface area contributed by atoms with E-state index >= 15 is 0 Å². The number of methoxy groups -OCH3 is 2. The summed E-state index contributed by atoms with van der Waals surface area (Å²) in [5, 5.41) is 3.23. The summed E-state index contributed by atoms with van der Waals surface area (Å²) in [6.45, 7) is 5.47. The van der Waals surface area contributed by atoms with Crippen LogP contribution < -0.4 is 25.4 Å². The van der Waals surface area contributed by atoms with Crippen LogP contribution in [0.15, 0.2) is 36.4 Å². The minimum absolute atomic E-state index is 0.200. The number of hydrogen-bond donors (Lipinski definition) is 3. The summed E-state index contributed by atoms with van der Waals surface area (Å²) in [7, 11) is 5.37. The Bertz CT molecular complexity index is 1020. The zero-order valence-electron chi connectivity index (χ0n) is 18.1. The van der Waals surface area contributed by atoms with Gasteiger partial charge in [-0.1, -0.05) is 18.2 Å². The summed E-state index contributed by atoms with van der Waals surface area (Å²) in [6, 6.07) is 12.0. The number of aryl methyl sites for hydroxylation is 2. The first-order valence-electron chi connectivity index (χ1n) is 9.75. The number of aromatic nitrogens is 3. The average molecular weight is 410 g/mol. The van der Waals surface area contributed by atoms with Crippen molar-refractivity contribution in [2.24, 2.45) is 0 Å². The molecule has 0 aliphatic heterocycles. The van der Waals surface area contributed by atoms with Crippen molar-refractivity contribution in [1.82, 2.24) is 15.0 Å². The summed E-state index contributed by atoms with van der Waals surface area (Å²) in [6.07, 6.45) is 0. The largest absolute Gasteiger partial charge is 0.493 e. The molecule has 0 saturated heterocycles. The number of para-hydroxylation sites is 1. The van der Waals surface area contributed by atoms with Crippen LogP contribution in [0.3, 0.4) is 0 Å². The average Bonchev–Trinajstić information content (AvgIpc) is 2.70. The molecule has 0 radical (unpaired) electrons. The van der Waals surface area contributed by atoms with Crippen molar-refractivity contribution in [2.75, 3.05) is 32.3 Å². The Labute approximate surface area is 177 Å². The summed E-state index contributed by atoms with van der Waals surface area (Å²) in [5.74, 6) is 2.73. The molecule has 2 aromatic carbocycles. The van der Waals surface area contributed by atoms with Gasteiger partial charge in [0.2, 0.25) is 11.9 Å². The lowest BCUT2D eigenvalue weighted by molar-refractivity contribution is -0.908. The number of benzene rings is 2. The van der Waals surface area contributed by atoms with E-state index in [1.54, 1.807) is 14.2 Å². The van der Waals surface area contributed by atoms with Crippen LogP contribution in [-0.4, -0.2) is 36.2 Å². The fourth-order valence-corrected chi connectivity index (χ4v) is 3.28. The molecule has 0 aliphatic rings. The minimum Gasteiger partial charge on any atom is -0.493 e. The highest BCUT2D eigenvalue weighted by Gasteiger charge is 2.15. The molecule has 0 aliphatic carbocycles. The van der Waals surface area contributed by atoms with Crippen LogP contribution in [0.2, 0.25) is 0 Å². The highest BCUT2D eigenvalue weighted by atomic mass is 16.5. The monoisotopic (exact) mass is 409 g/mol. The Balaban J connectivity index is 1.75. The fourth-order valence-electron chi connectivity index (χ4n) is 3.28. The second-order valence-corrected chi connectivity index (χ2v) is 7.32. The SMILES string of the molecule is COc1cc(C)c(C[NH+](C)Cc2nc(N)nc(Nc3ccccc3C)n2)cc1OC. The normalized spacial score (nSPS) is 11.8. The maximum absolute atomic E-state index is 5.93. The molecule has 0 fully saturated rings. The van der Waals surface area contributed by atoms with E-state index in [2.05, 4.69) is 34.2 Å². The molecule has 158 valence electrons. The summed E-state index contributed by atoms with van der Waals surface area (Å²) < 4.78 is 10.8. The first-order chi connectivity index (χ1) is 14.4. The Morgan fingerprint density at radius 1 is 0.933 bits per heavy atom. The van der Waals surface area contributed by atoms with Crippen molar-refractivity contribution in [1.29, 1.82) is 0 Å². The Kier molecular flexibility index (Phi) is 6.68. The van der Waals surface area contributed by atoms with Gasteiger partial charge in [0.25, 0.3) is 0 Å². The third-order valence-corrected chi connectivity index (χ3v) is 4.88. The van der Waals surface area contributed by atoms with Crippen molar-refractivity contribution in [3.63, 3.8) is 0 Å². The van der Waals surface area contributed by atoms with E-state index in [4.69, 9.17) is 15.2 Å². The van der Waals surface area contributed by atoms with E-state index in [0.717, 1.165) is 34.9 Å². The Morgan fingerprint density at radius 2 is 1.63 bits per heavy atom. The molecule has 1 atom stereocenters. The van der Waals surface area contributed by atoms with E-state index in [-0.39, 0.29) is 5.95 Å². The Morgan fingerprint density at radius 3 is 2.33 bits per heavy atom. The summed E-state index contributed by atoms with van der Waals surface area (Å²) in [4.78, 5) is 14.3. The van der Waals surface area contributed by atoms with Crippen molar-refractivity contribution in [3.8, 4) is 11.5 Å². The zero-order chi connectivity index (χ0) is 21.7. The van der Waals surface area contributed by atoms with Crippen molar-refractivity contribution in [2.45, 2.75) is 26.9 Å². The minimum atomic E-state index is 0.200. The Hall–Kier alpha value is -3.39. The van der Waals surface area contributed by atoms with E-state index in [1.165, 1.54) is 10.5 Å². The molecule has 0 amide bonds. The smallest absolute Gasteiger partial charge is 0.232 e. The van der Waals surface area contributed by atoms with E-state index in [0.29, 0.717) is 18.3 Å². The molecular formula is C22H29N6O2+. The zero-order valence-corrected chi connectivity index (χ0v) is 18.1. The van der Waals surface area contributed by atoms with Crippen molar-refractivity contribution < 1.29 is 14.4 Å². The number of hydrogen-bond acceptors (Lipinski definition) is 7. The van der Waals surface area contributed by atoms with Gasteiger partial charge in [-0.05, 0) is 43.2 Å². The second-order valence-electron chi connectivity index (χ2n) is 7.32. The topological polar surface area (TPSA) is 99.6 Å². The number of nitrogens with two attached hydrogens (primary N) is 1. The molecule has 30 heavy (non-hydrogen) atoms. The molecule has 8 nitrogen and oxygen atoms in total. The lowest BCUT2D eigenvalue weighted by Gasteiger charge is -2.17. The molecule has 1 heterocycles. The first kappa shape index (κ1) is 21.3. The van der Waals surface area contributed by atoms with E-state index in [9.17, 15) is 0 Å². The lowest BCUT2D eigenvalue weighted by Crippen LogP contribution is -3.06. The number of nitrogens with one attached hydrogen (secondary N) is 2. The molecule has 3 aromatic rings. The van der Waals surface area contributed by atoms with E-state index < -0.39 is 0 Å². The molecule has 8 heteroatoms. The lowest BCUT2D eigenvalue weighted by atomic mass is 10.1. The molecule has 0 spiro atoms. The first-order valence-corrected chi connectivity index (χ1v) is 9.75. The van der Waals surface area contributed by atoms with Crippen LogP contribution >= 0.6 is 0 Å². The van der Waals surface area contributed by atoms with Gasteiger partial charge in [-0.25, -0.2) is 0 Å². The third kappa shape index (κ3) is 5.15. The van der Waals surface area contributed by atoms with Gasteiger partial charge in [0.05, 0.1) is 21.3 Å². The maximum Gasteiger partial charge on any atom is 0.232 e. The number of rotatable bonds is 8. The molecule has 1 unspecified atom stereocenters. The number of nitrogen functional groups attached to an aromatic ring is 1. The van der Waals surface area contributed by atoms with Gasteiger partial charge >= 0.3 is 0 Å². The fraction of sp³-hybridized carbons (Fsp3) is 0.318. The standard InChI is InChI=1S/C22H28N6O2/c1-14-8-6-7-9-17(14)24-22-26-20(25-21(23)27-22)13-28(3)12-16-11-19(30-5)18(29-4)10-15(16)2/h6-11H,12-13H2,1-5H3,(H3,23,24,25,26,27)/p+1. The van der Waals surface area contributed by atoms with Crippen LogP contribution in [0.5, 0.6) is 11.5 Å². The summed E-state index contributed by atoms with van der Waals surface area (Å²) in [5.41, 5.74) is 10.3. The highest BCUT2D eigenvalue weighted by molar-refractivity contribution is 5.58. The van der Waals surface area contributed by atoms with Crippen LogP contribution in [0.25, 0.3) is 0 Å². The predicted molar refractivity (Wildman–Crippen MR) is 117 cm³/mol. The van der Waals surface area contributed by atoms with Gasteiger partial charge in [0.15, 0.2) is 17.3 Å². The molecule has 0 saturated carbocycles. The van der Waals surface area contributed by atoms with Gasteiger partial charge in [0, 0.05) is 11.3 Å². The van der Waals surface area contributed by atoms with Crippen LogP contribution in [0.1, 0.15) is 22.5 Å². The van der Waals surface area contributed by atoms with Gasteiger partial charge in [-0.3, -0.25) is 0 Å². The van der Waals surface area contributed by atoms with Gasteiger partial charge in [0.1, 0.15) is 13.1 Å². The van der Waals surface area contributed by atoms with Crippen LogP contribution in [-0.2, 0) is 13.1 Å². The highest BCUT2D eigenvalue weighted by Crippen LogP contribution is 2.29. The predicted octanol–water partition coefficient (Wildman–Crippen LogP) is 2.05. The second kappa shape index (κ2) is 9.41. The number of nitrogens with zero attached hydrogens (tertiary/aromatic N) is 3. The van der Waals surface area contributed by atoms with Crippen LogP contribution in [0, 0.1) is 13.8 Å². The molecule has 0 bridgehead atoms. The maximum atomic E-state index is 5.93. The van der Waals surface area contributed by atoms with E-state index in [1.807, 2.05) is 43.3 Å². The van der Waals surface area contributed by atoms with Crippen molar-refractivity contribution >= 4 is 17.6 Å². The van der Waals surface area contributed by atoms with Crippen LogP contribution in [0.4, 0.5) is 17.6 Å². The number of anilines is 3. The van der Waals surface area contributed by atoms with Gasteiger partial charge in [-0.15, -0.1) is 0 Å². The van der Waals surface area contributed by atoms with Gasteiger partial charge in [-0.2, -0.15) is 15.0 Å². The molecule has 4 N–H and O–H groups in total. The molecule has 3 rings (SSSR count). The molecule has 1 aromatic heterocycles. The van der Waals surface area contributed by atoms with Crippen molar-refractivity contribution in [3.05, 3.63) is 58.9 Å². The summed E-state index contributed by atoms with van der Waals surface area (Å²) >= 11 is 0. The number of ether oxygens (including phenoxy) is 2. The molecular weight excluding hydrogens is 380 g/mol. The number of quaternary nitrogens is 1. The third-order valence-electron chi connectivity index (χ3n) is 4.88. The van der Waals surface area contributed by atoms with Gasteiger partial charge < -0.3 is 25.4 Å².